The third-order valence-corrected chi connectivity index (χ3v) is 6.18. The van der Waals surface area contributed by atoms with E-state index in [1.807, 2.05) is 62.4 Å². The lowest BCUT2D eigenvalue weighted by atomic mass is 9.92. The molecule has 0 aliphatic carbocycles. The first kappa shape index (κ1) is 22.5. The van der Waals surface area contributed by atoms with Crippen LogP contribution in [-0.4, -0.2) is 26.7 Å². The Balaban J connectivity index is 1.89. The first-order valence-corrected chi connectivity index (χ1v) is 11.1. The van der Waals surface area contributed by atoms with Crippen molar-refractivity contribution in [3.8, 4) is 0 Å². The van der Waals surface area contributed by atoms with Crippen molar-refractivity contribution in [1.29, 1.82) is 0 Å². The molecule has 1 aliphatic heterocycles. The summed E-state index contributed by atoms with van der Waals surface area (Å²) >= 11 is 0. The average molecular weight is 441 g/mol. The fourth-order valence-corrected chi connectivity index (χ4v) is 4.28. The summed E-state index contributed by atoms with van der Waals surface area (Å²) in [6, 6.07) is 16.6. The van der Waals surface area contributed by atoms with Crippen molar-refractivity contribution >= 4 is 17.4 Å². The molecule has 2 aromatic carbocycles. The topological polar surface area (TPSA) is 70.5 Å². The number of carbonyl (C=O) groups is 2. The number of amides is 1. The van der Waals surface area contributed by atoms with E-state index in [1.165, 1.54) is 4.90 Å². The Bertz CT molecular complexity index is 1230. The number of aliphatic hydroxyl groups is 1. The summed E-state index contributed by atoms with van der Waals surface area (Å²) in [6.07, 6.45) is 3.35. The first-order chi connectivity index (χ1) is 15.8. The number of carbonyl (C=O) groups excluding carboxylic acids is 2. The molecular formula is C28H28N2O3. The van der Waals surface area contributed by atoms with E-state index >= 15 is 0 Å². The quantitative estimate of drug-likeness (QED) is 0.326. The second-order valence-corrected chi connectivity index (χ2v) is 8.93. The van der Waals surface area contributed by atoms with Gasteiger partial charge in [-0.15, -0.1) is 0 Å². The van der Waals surface area contributed by atoms with Gasteiger partial charge in [0.15, 0.2) is 0 Å². The standard InChI is InChI=1S/C28H28N2O3/c1-17(2)21-9-11-22(12-10-21)25-24(26(31)23-14-18(3)7-8-19(23)4)27(32)28(33)30(25)16-20-6-5-13-29-15-20/h5-15,17,25,31H,16H2,1-4H3/b26-24+. The maximum Gasteiger partial charge on any atom is 0.295 e. The van der Waals surface area contributed by atoms with Crippen LogP contribution in [0.5, 0.6) is 0 Å². The van der Waals surface area contributed by atoms with E-state index in [2.05, 4.69) is 18.8 Å². The maximum absolute atomic E-state index is 13.3. The molecule has 0 spiro atoms. The van der Waals surface area contributed by atoms with Crippen molar-refractivity contribution in [2.24, 2.45) is 0 Å². The number of benzene rings is 2. The van der Waals surface area contributed by atoms with Gasteiger partial charge in [0.2, 0.25) is 0 Å². The number of aromatic nitrogens is 1. The summed E-state index contributed by atoms with van der Waals surface area (Å²) < 4.78 is 0. The van der Waals surface area contributed by atoms with Crippen molar-refractivity contribution in [3.63, 3.8) is 0 Å². The summed E-state index contributed by atoms with van der Waals surface area (Å²) in [6.45, 7) is 8.26. The normalized spacial score (nSPS) is 17.7. The fraction of sp³-hybridized carbons (Fsp3) is 0.250. The van der Waals surface area contributed by atoms with E-state index in [0.29, 0.717) is 11.5 Å². The van der Waals surface area contributed by atoms with Gasteiger partial charge in [0.05, 0.1) is 11.6 Å². The fourth-order valence-electron chi connectivity index (χ4n) is 4.28. The van der Waals surface area contributed by atoms with Gasteiger partial charge in [-0.2, -0.15) is 0 Å². The minimum absolute atomic E-state index is 0.120. The van der Waals surface area contributed by atoms with Crippen molar-refractivity contribution in [2.75, 3.05) is 0 Å². The first-order valence-electron chi connectivity index (χ1n) is 11.1. The Morgan fingerprint density at radius 3 is 2.42 bits per heavy atom. The Hall–Kier alpha value is -3.73. The molecule has 1 fully saturated rings. The van der Waals surface area contributed by atoms with Gasteiger partial charge in [-0.25, -0.2) is 0 Å². The zero-order valence-corrected chi connectivity index (χ0v) is 19.4. The van der Waals surface area contributed by atoms with E-state index in [-0.39, 0.29) is 17.9 Å². The number of aliphatic hydroxyl groups excluding tert-OH is 1. The molecule has 3 aromatic rings. The number of hydrogen-bond donors (Lipinski definition) is 1. The monoisotopic (exact) mass is 440 g/mol. The molecule has 1 aromatic heterocycles. The van der Waals surface area contributed by atoms with Crippen LogP contribution in [0, 0.1) is 13.8 Å². The predicted octanol–water partition coefficient (Wildman–Crippen LogP) is 5.44. The van der Waals surface area contributed by atoms with Crippen molar-refractivity contribution < 1.29 is 14.7 Å². The molecule has 0 bridgehead atoms. The molecule has 2 heterocycles. The second-order valence-electron chi connectivity index (χ2n) is 8.93. The molecule has 1 amide bonds. The SMILES string of the molecule is Cc1ccc(C)c(/C(O)=C2\C(=O)C(=O)N(Cc3cccnc3)C2c2ccc(C(C)C)cc2)c1. The number of likely N-dealkylation sites (tertiary alicyclic amines) is 1. The van der Waals surface area contributed by atoms with E-state index < -0.39 is 17.7 Å². The van der Waals surface area contributed by atoms with E-state index in [4.69, 9.17) is 0 Å². The minimum Gasteiger partial charge on any atom is -0.507 e. The van der Waals surface area contributed by atoms with E-state index in [1.54, 1.807) is 18.5 Å². The average Bonchev–Trinajstić information content (AvgIpc) is 3.06. The summed E-state index contributed by atoms with van der Waals surface area (Å²) in [5, 5.41) is 11.3. The van der Waals surface area contributed by atoms with Crippen LogP contribution in [0.3, 0.4) is 0 Å². The van der Waals surface area contributed by atoms with Crippen LogP contribution >= 0.6 is 0 Å². The number of ketones is 1. The zero-order chi connectivity index (χ0) is 23.7. The summed E-state index contributed by atoms with van der Waals surface area (Å²) in [5.74, 6) is -1.07. The third-order valence-electron chi connectivity index (χ3n) is 6.18. The minimum atomic E-state index is -0.689. The number of aryl methyl sites for hydroxylation is 2. The van der Waals surface area contributed by atoms with Crippen molar-refractivity contribution in [1.82, 2.24) is 9.88 Å². The lowest BCUT2D eigenvalue weighted by Crippen LogP contribution is -2.29. The van der Waals surface area contributed by atoms with E-state index in [9.17, 15) is 14.7 Å². The van der Waals surface area contributed by atoms with Crippen LogP contribution in [0.25, 0.3) is 5.76 Å². The number of pyridine rings is 1. The molecular weight excluding hydrogens is 412 g/mol. The van der Waals surface area contributed by atoms with Gasteiger partial charge in [-0.3, -0.25) is 14.6 Å². The highest BCUT2D eigenvalue weighted by atomic mass is 16.3. The number of Topliss-reactive ketones (excluding diaryl/α,β-unsaturated/α-hetero) is 1. The van der Waals surface area contributed by atoms with Crippen LogP contribution in [-0.2, 0) is 16.1 Å². The highest BCUT2D eigenvalue weighted by Crippen LogP contribution is 2.41. The van der Waals surface area contributed by atoms with Gasteiger partial charge in [-0.05, 0) is 54.2 Å². The smallest absolute Gasteiger partial charge is 0.295 e. The van der Waals surface area contributed by atoms with Crippen LogP contribution in [0.1, 0.15) is 59.2 Å². The number of rotatable bonds is 5. The van der Waals surface area contributed by atoms with Crippen LogP contribution in [0.4, 0.5) is 0 Å². The molecule has 5 nitrogen and oxygen atoms in total. The van der Waals surface area contributed by atoms with Crippen molar-refractivity contribution in [2.45, 2.75) is 46.2 Å². The van der Waals surface area contributed by atoms with Gasteiger partial charge >= 0.3 is 0 Å². The molecule has 1 unspecified atom stereocenters. The van der Waals surface area contributed by atoms with Crippen LogP contribution < -0.4 is 0 Å². The van der Waals surface area contributed by atoms with E-state index in [0.717, 1.165) is 27.8 Å². The molecule has 1 saturated heterocycles. The van der Waals surface area contributed by atoms with Gasteiger partial charge in [0.1, 0.15) is 5.76 Å². The molecule has 5 heteroatoms. The van der Waals surface area contributed by atoms with Gasteiger partial charge < -0.3 is 10.0 Å². The third kappa shape index (κ3) is 4.31. The summed E-state index contributed by atoms with van der Waals surface area (Å²) in [7, 11) is 0. The van der Waals surface area contributed by atoms with Gasteiger partial charge in [-0.1, -0.05) is 61.9 Å². The highest BCUT2D eigenvalue weighted by molar-refractivity contribution is 6.46. The van der Waals surface area contributed by atoms with Gasteiger partial charge in [0.25, 0.3) is 11.7 Å². The maximum atomic E-state index is 13.3. The summed E-state index contributed by atoms with van der Waals surface area (Å²) in [5.41, 5.74) is 5.25. The van der Waals surface area contributed by atoms with Crippen molar-refractivity contribution in [3.05, 3.63) is 106 Å². The number of hydrogen-bond acceptors (Lipinski definition) is 4. The molecule has 33 heavy (non-hydrogen) atoms. The molecule has 4 rings (SSSR count). The molecule has 168 valence electrons. The van der Waals surface area contributed by atoms with Gasteiger partial charge in [0, 0.05) is 24.5 Å². The lowest BCUT2D eigenvalue weighted by molar-refractivity contribution is -0.140. The largest absolute Gasteiger partial charge is 0.507 e. The Labute approximate surface area is 194 Å². The Morgan fingerprint density at radius 1 is 1.06 bits per heavy atom. The second kappa shape index (κ2) is 9.02. The predicted molar refractivity (Wildman–Crippen MR) is 129 cm³/mol. The molecule has 1 aliphatic rings. The van der Waals surface area contributed by atoms with Crippen LogP contribution in [0.2, 0.25) is 0 Å². The zero-order valence-electron chi connectivity index (χ0n) is 19.4. The Morgan fingerprint density at radius 2 is 1.79 bits per heavy atom. The molecule has 1 N–H and O–H groups in total. The number of nitrogens with zero attached hydrogens (tertiary/aromatic N) is 2. The van der Waals surface area contributed by atoms with Crippen LogP contribution in [0.15, 0.2) is 72.6 Å². The molecule has 1 atom stereocenters. The summed E-state index contributed by atoms with van der Waals surface area (Å²) in [4.78, 5) is 32.1. The molecule has 0 radical (unpaired) electrons. The Kier molecular flexibility index (Phi) is 6.14. The molecule has 0 saturated carbocycles. The highest BCUT2D eigenvalue weighted by Gasteiger charge is 2.46. The lowest BCUT2D eigenvalue weighted by Gasteiger charge is -2.26.